The molecule has 2 rings (SSSR count). The fraction of sp³-hybridized carbons (Fsp3) is 0.750. The van der Waals surface area contributed by atoms with Gasteiger partial charge in [-0.2, -0.15) is 0 Å². The predicted octanol–water partition coefficient (Wildman–Crippen LogP) is 1.59. The summed E-state index contributed by atoms with van der Waals surface area (Å²) in [7, 11) is 3.95. The first-order chi connectivity index (χ1) is 10.4. The van der Waals surface area contributed by atoms with E-state index in [0.29, 0.717) is 18.4 Å². The minimum atomic E-state index is -0.0142. The van der Waals surface area contributed by atoms with Gasteiger partial charge in [0.1, 0.15) is 5.76 Å². The summed E-state index contributed by atoms with van der Waals surface area (Å²) in [5, 5.41) is 6.64. The number of nitrogens with zero attached hydrogens (tertiary/aromatic N) is 3. The first kappa shape index (κ1) is 16.8. The zero-order valence-electron chi connectivity index (χ0n) is 14.4. The van der Waals surface area contributed by atoms with Crippen molar-refractivity contribution in [2.45, 2.75) is 39.2 Å². The van der Waals surface area contributed by atoms with E-state index in [1.165, 1.54) is 13.0 Å². The average Bonchev–Trinajstić information content (AvgIpc) is 3.07. The SMILES string of the molecule is CN=C(NCc1ncc(C(C)(C)C)o1)NCC1CCN(C)C1. The summed E-state index contributed by atoms with van der Waals surface area (Å²) in [6.45, 7) is 10.2. The number of nitrogens with one attached hydrogen (secondary N) is 2. The van der Waals surface area contributed by atoms with Crippen molar-refractivity contribution >= 4 is 5.96 Å². The van der Waals surface area contributed by atoms with Gasteiger partial charge in [-0.3, -0.25) is 4.99 Å². The van der Waals surface area contributed by atoms with Gasteiger partial charge in [-0.25, -0.2) is 4.98 Å². The lowest BCUT2D eigenvalue weighted by Gasteiger charge is -2.15. The number of aliphatic imine (C=N–C) groups is 1. The Morgan fingerprint density at radius 1 is 1.45 bits per heavy atom. The van der Waals surface area contributed by atoms with Crippen LogP contribution in [0.3, 0.4) is 0 Å². The van der Waals surface area contributed by atoms with Gasteiger partial charge in [0.2, 0.25) is 5.89 Å². The van der Waals surface area contributed by atoms with Crippen LogP contribution in [-0.4, -0.2) is 49.6 Å². The molecule has 1 atom stereocenters. The Morgan fingerprint density at radius 2 is 2.23 bits per heavy atom. The number of oxazole rings is 1. The van der Waals surface area contributed by atoms with Gasteiger partial charge >= 0.3 is 0 Å². The molecule has 0 amide bonds. The Morgan fingerprint density at radius 3 is 2.77 bits per heavy atom. The molecule has 1 aromatic rings. The van der Waals surface area contributed by atoms with Crippen LogP contribution in [0.5, 0.6) is 0 Å². The summed E-state index contributed by atoms with van der Waals surface area (Å²) in [4.78, 5) is 10.9. The highest BCUT2D eigenvalue weighted by Crippen LogP contribution is 2.22. The van der Waals surface area contributed by atoms with E-state index in [1.807, 2.05) is 6.20 Å². The van der Waals surface area contributed by atoms with E-state index in [4.69, 9.17) is 4.42 Å². The zero-order valence-corrected chi connectivity index (χ0v) is 14.4. The van der Waals surface area contributed by atoms with Crippen LogP contribution >= 0.6 is 0 Å². The van der Waals surface area contributed by atoms with Gasteiger partial charge in [-0.15, -0.1) is 0 Å². The molecule has 1 unspecified atom stereocenters. The number of hydrogen-bond acceptors (Lipinski definition) is 4. The van der Waals surface area contributed by atoms with E-state index in [2.05, 4.69) is 53.3 Å². The standard InChI is InChI=1S/C16H29N5O/c1-16(2,3)13-9-18-14(22-13)10-20-15(17-4)19-8-12-6-7-21(5)11-12/h9,12H,6-8,10-11H2,1-5H3,(H2,17,19,20). The summed E-state index contributed by atoms with van der Waals surface area (Å²) in [5.41, 5.74) is -0.0142. The normalized spacial score (nSPS) is 20.4. The lowest BCUT2D eigenvalue weighted by Crippen LogP contribution is -2.39. The van der Waals surface area contributed by atoms with Gasteiger partial charge in [-0.1, -0.05) is 20.8 Å². The Kier molecular flexibility index (Phi) is 5.45. The highest BCUT2D eigenvalue weighted by Gasteiger charge is 2.20. The second kappa shape index (κ2) is 7.13. The van der Waals surface area contributed by atoms with Crippen molar-refractivity contribution in [2.75, 3.05) is 33.7 Å². The number of hydrogen-bond donors (Lipinski definition) is 2. The third-order valence-corrected chi connectivity index (χ3v) is 3.97. The molecule has 2 heterocycles. The molecule has 1 aliphatic rings. The van der Waals surface area contributed by atoms with Crippen molar-refractivity contribution in [1.82, 2.24) is 20.5 Å². The molecule has 1 saturated heterocycles. The van der Waals surface area contributed by atoms with Crippen LogP contribution in [0.2, 0.25) is 0 Å². The molecule has 22 heavy (non-hydrogen) atoms. The molecule has 1 aromatic heterocycles. The molecular formula is C16H29N5O. The molecule has 6 nitrogen and oxygen atoms in total. The summed E-state index contributed by atoms with van der Waals surface area (Å²) in [6, 6.07) is 0. The van der Waals surface area contributed by atoms with Crippen LogP contribution in [0.25, 0.3) is 0 Å². The monoisotopic (exact) mass is 307 g/mol. The molecule has 124 valence electrons. The molecule has 0 aromatic carbocycles. The Hall–Kier alpha value is -1.56. The minimum Gasteiger partial charge on any atom is -0.443 e. The maximum atomic E-state index is 5.77. The predicted molar refractivity (Wildman–Crippen MR) is 89.0 cm³/mol. The van der Waals surface area contributed by atoms with Crippen molar-refractivity contribution in [3.05, 3.63) is 17.8 Å². The number of guanidine groups is 1. The van der Waals surface area contributed by atoms with Crippen LogP contribution in [0.4, 0.5) is 0 Å². The van der Waals surface area contributed by atoms with E-state index in [-0.39, 0.29) is 5.41 Å². The molecule has 6 heteroatoms. The molecule has 0 spiro atoms. The maximum Gasteiger partial charge on any atom is 0.213 e. The molecule has 0 saturated carbocycles. The summed E-state index contributed by atoms with van der Waals surface area (Å²) >= 11 is 0. The van der Waals surface area contributed by atoms with Crippen LogP contribution in [0.15, 0.2) is 15.6 Å². The van der Waals surface area contributed by atoms with Crippen LogP contribution in [0, 0.1) is 5.92 Å². The largest absolute Gasteiger partial charge is 0.443 e. The second-order valence-corrected chi connectivity index (χ2v) is 7.09. The highest BCUT2D eigenvalue weighted by molar-refractivity contribution is 5.79. The number of rotatable bonds is 4. The van der Waals surface area contributed by atoms with Gasteiger partial charge in [-0.05, 0) is 25.9 Å². The first-order valence-electron chi connectivity index (χ1n) is 7.96. The average molecular weight is 307 g/mol. The van der Waals surface area contributed by atoms with Crippen molar-refractivity contribution in [2.24, 2.45) is 10.9 Å². The van der Waals surface area contributed by atoms with E-state index in [9.17, 15) is 0 Å². The molecule has 0 bridgehead atoms. The first-order valence-corrected chi connectivity index (χ1v) is 7.96. The smallest absolute Gasteiger partial charge is 0.213 e. The maximum absolute atomic E-state index is 5.77. The topological polar surface area (TPSA) is 65.7 Å². The van der Waals surface area contributed by atoms with E-state index in [0.717, 1.165) is 24.8 Å². The molecule has 2 N–H and O–H groups in total. The van der Waals surface area contributed by atoms with Crippen molar-refractivity contribution in [3.63, 3.8) is 0 Å². The van der Waals surface area contributed by atoms with Crippen molar-refractivity contribution in [1.29, 1.82) is 0 Å². The summed E-state index contributed by atoms with van der Waals surface area (Å²) in [5.74, 6) is 3.08. The van der Waals surface area contributed by atoms with Gasteiger partial charge < -0.3 is 20.0 Å². The Balaban J connectivity index is 1.77. The molecule has 1 fully saturated rings. The van der Waals surface area contributed by atoms with Crippen LogP contribution in [0.1, 0.15) is 38.8 Å². The summed E-state index contributed by atoms with van der Waals surface area (Å²) in [6.07, 6.45) is 3.05. The summed E-state index contributed by atoms with van der Waals surface area (Å²) < 4.78 is 5.77. The lowest BCUT2D eigenvalue weighted by molar-refractivity contribution is 0.379. The second-order valence-electron chi connectivity index (χ2n) is 7.09. The fourth-order valence-corrected chi connectivity index (χ4v) is 2.55. The fourth-order valence-electron chi connectivity index (χ4n) is 2.55. The van der Waals surface area contributed by atoms with Gasteiger partial charge in [0.25, 0.3) is 0 Å². The third kappa shape index (κ3) is 4.73. The molecule has 0 radical (unpaired) electrons. The van der Waals surface area contributed by atoms with Gasteiger partial charge in [0.15, 0.2) is 5.96 Å². The lowest BCUT2D eigenvalue weighted by atomic mass is 9.94. The van der Waals surface area contributed by atoms with E-state index < -0.39 is 0 Å². The molecule has 1 aliphatic heterocycles. The molecule has 0 aliphatic carbocycles. The minimum absolute atomic E-state index is 0.0142. The van der Waals surface area contributed by atoms with Crippen molar-refractivity contribution < 1.29 is 4.42 Å². The van der Waals surface area contributed by atoms with Crippen LogP contribution in [-0.2, 0) is 12.0 Å². The third-order valence-electron chi connectivity index (χ3n) is 3.97. The molecular weight excluding hydrogens is 278 g/mol. The number of aromatic nitrogens is 1. The van der Waals surface area contributed by atoms with E-state index in [1.54, 1.807) is 7.05 Å². The Bertz CT molecular complexity index is 503. The zero-order chi connectivity index (χ0) is 16.2. The van der Waals surface area contributed by atoms with Gasteiger partial charge in [0, 0.05) is 25.6 Å². The van der Waals surface area contributed by atoms with E-state index >= 15 is 0 Å². The van der Waals surface area contributed by atoms with Gasteiger partial charge in [0.05, 0.1) is 12.7 Å². The quantitative estimate of drug-likeness (QED) is 0.653. The highest BCUT2D eigenvalue weighted by atomic mass is 16.4. The van der Waals surface area contributed by atoms with Crippen molar-refractivity contribution in [3.8, 4) is 0 Å². The van der Waals surface area contributed by atoms with Crippen LogP contribution < -0.4 is 10.6 Å². The Labute approximate surface area is 133 Å². The number of likely N-dealkylation sites (tertiary alicyclic amines) is 1.